The number of aliphatic hydroxyl groups excluding tert-OH is 1. The SMILES string of the molecule is O=C(O)CCCCC(=O)O.[CH2+]CC1(C)C(C)C(O)CC(C)(CC)N1O. The van der Waals surface area contributed by atoms with Gasteiger partial charge in [0.1, 0.15) is 6.42 Å². The highest BCUT2D eigenvalue weighted by molar-refractivity contribution is 5.67. The molecule has 0 spiro atoms. The molecule has 7 nitrogen and oxygen atoms in total. The van der Waals surface area contributed by atoms with Gasteiger partial charge < -0.3 is 20.5 Å². The molecule has 0 aromatic carbocycles. The molecule has 0 bridgehead atoms. The number of nitrogens with zero attached hydrogens (tertiary/aromatic N) is 1. The molecule has 0 aromatic heterocycles. The predicted octanol–water partition coefficient (Wildman–Crippen LogP) is 2.95. The van der Waals surface area contributed by atoms with Crippen LogP contribution in [0.2, 0.25) is 0 Å². The lowest BCUT2D eigenvalue weighted by atomic mass is 9.69. The molecule has 0 saturated carbocycles. The lowest BCUT2D eigenvalue weighted by Gasteiger charge is -2.54. The molecule has 7 heteroatoms. The van der Waals surface area contributed by atoms with Gasteiger partial charge in [-0.25, -0.2) is 0 Å². The number of aliphatic hydroxyl groups is 1. The molecule has 1 aliphatic rings. The van der Waals surface area contributed by atoms with Crippen LogP contribution in [0.25, 0.3) is 0 Å². The Morgan fingerprint density at radius 1 is 1.16 bits per heavy atom. The minimum atomic E-state index is -0.870. The first-order chi connectivity index (χ1) is 11.4. The van der Waals surface area contributed by atoms with E-state index in [1.165, 1.54) is 5.06 Å². The van der Waals surface area contributed by atoms with Crippen molar-refractivity contribution in [2.75, 3.05) is 0 Å². The summed E-state index contributed by atoms with van der Waals surface area (Å²) in [6, 6.07) is 0. The topological polar surface area (TPSA) is 118 Å². The summed E-state index contributed by atoms with van der Waals surface area (Å²) in [6.45, 7) is 11.9. The summed E-state index contributed by atoms with van der Waals surface area (Å²) in [4.78, 5) is 19.8. The monoisotopic (exact) mass is 360 g/mol. The van der Waals surface area contributed by atoms with Crippen molar-refractivity contribution < 1.29 is 30.1 Å². The van der Waals surface area contributed by atoms with Gasteiger partial charge in [-0.15, -0.1) is 0 Å². The molecule has 0 radical (unpaired) electrons. The highest BCUT2D eigenvalue weighted by Gasteiger charge is 2.53. The maximum Gasteiger partial charge on any atom is 0.303 e. The van der Waals surface area contributed by atoms with E-state index in [1.807, 2.05) is 27.7 Å². The van der Waals surface area contributed by atoms with Crippen molar-refractivity contribution >= 4 is 11.9 Å². The Kier molecular flexibility index (Phi) is 9.47. The fourth-order valence-electron chi connectivity index (χ4n) is 3.12. The van der Waals surface area contributed by atoms with Crippen molar-refractivity contribution in [3.8, 4) is 0 Å². The number of hydrogen-bond acceptors (Lipinski definition) is 5. The molecular formula is C18H34NO6+. The summed E-state index contributed by atoms with van der Waals surface area (Å²) >= 11 is 0. The van der Waals surface area contributed by atoms with E-state index in [1.54, 1.807) is 0 Å². The Bertz CT molecular complexity index is 427. The predicted molar refractivity (Wildman–Crippen MR) is 94.2 cm³/mol. The Morgan fingerprint density at radius 3 is 1.92 bits per heavy atom. The number of hydroxylamine groups is 2. The molecule has 1 heterocycles. The molecule has 0 amide bonds. The Hall–Kier alpha value is -1.31. The largest absolute Gasteiger partial charge is 0.481 e. The molecule has 1 rings (SSSR count). The van der Waals surface area contributed by atoms with E-state index < -0.39 is 17.5 Å². The summed E-state index contributed by atoms with van der Waals surface area (Å²) in [7, 11) is 0. The van der Waals surface area contributed by atoms with E-state index in [4.69, 9.17) is 10.2 Å². The molecule has 4 unspecified atom stereocenters. The van der Waals surface area contributed by atoms with Gasteiger partial charge in [0.25, 0.3) is 0 Å². The van der Waals surface area contributed by atoms with Crippen LogP contribution >= 0.6 is 0 Å². The van der Waals surface area contributed by atoms with Crippen LogP contribution < -0.4 is 0 Å². The second kappa shape index (κ2) is 9.99. The molecule has 1 aliphatic heterocycles. The normalized spacial score (nSPS) is 32.6. The number of aliphatic carboxylic acids is 2. The number of carboxylic acid groups (broad SMARTS) is 2. The zero-order valence-electron chi connectivity index (χ0n) is 15.9. The lowest BCUT2D eigenvalue weighted by Crippen LogP contribution is -2.66. The third-order valence-electron chi connectivity index (χ3n) is 5.50. The molecular weight excluding hydrogens is 326 g/mol. The zero-order chi connectivity index (χ0) is 19.8. The maximum atomic E-state index is 10.3. The quantitative estimate of drug-likeness (QED) is 0.407. The number of hydrogen-bond donors (Lipinski definition) is 4. The standard InChI is InChI=1S/C12H24NO2.C6H10O4/c1-6-11(4)8-10(14)9(3)12(5,7-2)13(11)15;7-5(8)3-1-2-4-6(9)10/h9-10,14-15H,2,6-8H2,1,3-5H3;1-4H2,(H,7,8)(H,9,10)/q+1;. The van der Waals surface area contributed by atoms with Crippen molar-refractivity contribution in [2.24, 2.45) is 5.92 Å². The first-order valence-corrected chi connectivity index (χ1v) is 8.84. The van der Waals surface area contributed by atoms with E-state index in [0.717, 1.165) is 6.42 Å². The van der Waals surface area contributed by atoms with Crippen molar-refractivity contribution in [3.05, 3.63) is 6.92 Å². The fraction of sp³-hybridized carbons (Fsp3) is 0.833. The maximum absolute atomic E-state index is 10.3. The van der Waals surface area contributed by atoms with Gasteiger partial charge in [0, 0.05) is 24.3 Å². The average Bonchev–Trinajstić information content (AvgIpc) is 2.55. The van der Waals surface area contributed by atoms with Crippen LogP contribution in [-0.2, 0) is 9.59 Å². The molecule has 146 valence electrons. The molecule has 0 aromatic rings. The molecule has 25 heavy (non-hydrogen) atoms. The van der Waals surface area contributed by atoms with Crippen LogP contribution in [0, 0.1) is 12.8 Å². The summed E-state index contributed by atoms with van der Waals surface area (Å²) in [5, 5.41) is 38.1. The van der Waals surface area contributed by atoms with Crippen molar-refractivity contribution in [2.45, 2.75) is 89.8 Å². The van der Waals surface area contributed by atoms with Gasteiger partial charge in [0.2, 0.25) is 0 Å². The second-order valence-corrected chi connectivity index (χ2v) is 7.32. The van der Waals surface area contributed by atoms with E-state index in [2.05, 4.69) is 6.92 Å². The molecule has 4 atom stereocenters. The Labute approximate surface area is 150 Å². The van der Waals surface area contributed by atoms with Crippen molar-refractivity contribution in [1.29, 1.82) is 0 Å². The summed E-state index contributed by atoms with van der Waals surface area (Å²) in [6.07, 6.45) is 2.70. The van der Waals surface area contributed by atoms with Crippen molar-refractivity contribution in [1.82, 2.24) is 5.06 Å². The van der Waals surface area contributed by atoms with Crippen LogP contribution in [0.3, 0.4) is 0 Å². The van der Waals surface area contributed by atoms with E-state index >= 15 is 0 Å². The Morgan fingerprint density at radius 2 is 1.60 bits per heavy atom. The number of piperidine rings is 1. The van der Waals surface area contributed by atoms with Crippen molar-refractivity contribution in [3.63, 3.8) is 0 Å². The molecule has 4 N–H and O–H groups in total. The number of carbonyl (C=O) groups is 2. The minimum absolute atomic E-state index is 0.0413. The van der Waals surface area contributed by atoms with Gasteiger partial charge in [-0.3, -0.25) is 9.59 Å². The highest BCUT2D eigenvalue weighted by Crippen LogP contribution is 2.43. The van der Waals surface area contributed by atoms with Crippen LogP contribution in [0.4, 0.5) is 0 Å². The van der Waals surface area contributed by atoms with Gasteiger partial charge in [0.15, 0.2) is 0 Å². The van der Waals surface area contributed by atoms with Crippen LogP contribution in [0.5, 0.6) is 0 Å². The first-order valence-electron chi connectivity index (χ1n) is 8.84. The second-order valence-electron chi connectivity index (χ2n) is 7.32. The fourth-order valence-corrected chi connectivity index (χ4v) is 3.12. The van der Waals surface area contributed by atoms with Gasteiger partial charge in [-0.1, -0.05) is 13.8 Å². The molecule has 0 aliphatic carbocycles. The first kappa shape index (κ1) is 23.7. The van der Waals surface area contributed by atoms with E-state index in [0.29, 0.717) is 25.7 Å². The number of rotatable bonds is 7. The van der Waals surface area contributed by atoms with Crippen LogP contribution in [0.15, 0.2) is 0 Å². The summed E-state index contributed by atoms with van der Waals surface area (Å²) < 4.78 is 0. The average molecular weight is 360 g/mol. The van der Waals surface area contributed by atoms with E-state index in [-0.39, 0.29) is 30.4 Å². The number of carboxylic acids is 2. The van der Waals surface area contributed by atoms with Gasteiger partial charge in [0.05, 0.1) is 18.6 Å². The van der Waals surface area contributed by atoms with Gasteiger partial charge in [-0.2, -0.15) is 5.06 Å². The van der Waals surface area contributed by atoms with Gasteiger partial charge in [-0.05, 0) is 39.5 Å². The molecule has 1 fully saturated rings. The minimum Gasteiger partial charge on any atom is -0.481 e. The Balaban J connectivity index is 0.000000504. The van der Waals surface area contributed by atoms with Crippen LogP contribution in [-0.4, -0.2) is 54.7 Å². The third-order valence-corrected chi connectivity index (χ3v) is 5.50. The van der Waals surface area contributed by atoms with Crippen LogP contribution in [0.1, 0.15) is 72.6 Å². The summed E-state index contributed by atoms with van der Waals surface area (Å²) in [5.74, 6) is -1.70. The summed E-state index contributed by atoms with van der Waals surface area (Å²) in [5.41, 5.74) is -0.763. The highest BCUT2D eigenvalue weighted by atomic mass is 16.5. The third kappa shape index (κ3) is 6.49. The lowest BCUT2D eigenvalue weighted by molar-refractivity contribution is -0.285. The van der Waals surface area contributed by atoms with E-state index in [9.17, 15) is 19.9 Å². The molecule has 1 saturated heterocycles. The smallest absolute Gasteiger partial charge is 0.303 e. The number of unbranched alkanes of at least 4 members (excludes halogenated alkanes) is 1. The zero-order valence-corrected chi connectivity index (χ0v) is 15.9. The van der Waals surface area contributed by atoms with Gasteiger partial charge >= 0.3 is 11.9 Å².